The van der Waals surface area contributed by atoms with Gasteiger partial charge in [-0.15, -0.1) is 0 Å². The number of esters is 1. The average molecular weight is 250 g/mol. The molecular formula is C14H17NO3. The summed E-state index contributed by atoms with van der Waals surface area (Å²) in [5.41, 5.74) is 0.332. The van der Waals surface area contributed by atoms with Gasteiger partial charge < -0.3 is 9.47 Å². The molecule has 3 heterocycles. The van der Waals surface area contributed by atoms with Crippen molar-refractivity contribution in [1.82, 2.24) is 4.90 Å². The molecule has 0 aromatic carbocycles. The molecule has 2 fully saturated rings. The van der Waals surface area contributed by atoms with E-state index in [1.807, 2.05) is 6.08 Å². The molecule has 3 aliphatic heterocycles. The third kappa shape index (κ3) is 1.20. The molecule has 0 radical (unpaired) electrons. The van der Waals surface area contributed by atoms with Gasteiger partial charge in [-0.3, -0.25) is 4.90 Å². The van der Waals surface area contributed by atoms with Gasteiger partial charge in [-0.2, -0.15) is 0 Å². The third-order valence-corrected chi connectivity index (χ3v) is 4.78. The molecule has 4 aliphatic rings. The summed E-state index contributed by atoms with van der Waals surface area (Å²) in [4.78, 5) is 14.0. The Morgan fingerprint density at radius 1 is 1.67 bits per heavy atom. The summed E-state index contributed by atoms with van der Waals surface area (Å²) in [6, 6.07) is 0.281. The predicted molar refractivity (Wildman–Crippen MR) is 65.0 cm³/mol. The van der Waals surface area contributed by atoms with Crippen LogP contribution in [0.2, 0.25) is 0 Å². The highest BCUT2D eigenvalue weighted by molar-refractivity contribution is 5.88. The zero-order chi connectivity index (χ0) is 14.8. The first-order chi connectivity index (χ1) is 9.87. The Hall–Kier alpha value is -1.13. The topological polar surface area (TPSA) is 38.8 Å². The van der Waals surface area contributed by atoms with Crippen LogP contribution in [0.4, 0.5) is 0 Å². The fourth-order valence-corrected chi connectivity index (χ4v) is 4.00. The highest BCUT2D eigenvalue weighted by Crippen LogP contribution is 2.51. The molecule has 0 N–H and O–H groups in total. The zero-order valence-electron chi connectivity index (χ0n) is 13.0. The molecule has 4 rings (SSSR count). The first-order valence-corrected chi connectivity index (χ1v) is 6.44. The van der Waals surface area contributed by atoms with E-state index < -0.39 is 12.6 Å². The summed E-state index contributed by atoms with van der Waals surface area (Å²) in [5.74, 6) is -0.295. The van der Waals surface area contributed by atoms with Crippen LogP contribution in [0.3, 0.4) is 0 Å². The van der Waals surface area contributed by atoms with Gasteiger partial charge in [0.05, 0.1) is 16.3 Å². The van der Waals surface area contributed by atoms with Crippen LogP contribution < -0.4 is 0 Å². The molecule has 0 unspecified atom stereocenters. The maximum atomic E-state index is 11.7. The molecule has 96 valence electrons. The summed E-state index contributed by atoms with van der Waals surface area (Å²) in [7, 11) is -2.37. The lowest BCUT2D eigenvalue weighted by Gasteiger charge is -2.40. The van der Waals surface area contributed by atoms with Crippen molar-refractivity contribution in [3.05, 3.63) is 23.8 Å². The van der Waals surface area contributed by atoms with Crippen LogP contribution >= 0.6 is 0 Å². The first-order valence-electron chi connectivity index (χ1n) is 7.94. The molecule has 1 spiro atoms. The number of nitrogens with zero attached hydrogens (tertiary/aromatic N) is 1. The summed E-state index contributed by atoms with van der Waals surface area (Å²) in [6.45, 7) is 0.771. The fraction of sp³-hybridized carbons (Fsp3) is 0.643. The molecular weight excluding hydrogens is 230 g/mol. The van der Waals surface area contributed by atoms with Crippen molar-refractivity contribution < 1.29 is 18.4 Å². The fourth-order valence-electron chi connectivity index (χ4n) is 4.00. The lowest BCUT2D eigenvalue weighted by atomic mass is 9.80. The second-order valence-corrected chi connectivity index (χ2v) is 5.56. The number of piperidine rings is 1. The van der Waals surface area contributed by atoms with Crippen LogP contribution in [0.5, 0.6) is 0 Å². The van der Waals surface area contributed by atoms with Crippen LogP contribution in [0, 0.1) is 0 Å². The molecule has 18 heavy (non-hydrogen) atoms. The van der Waals surface area contributed by atoms with E-state index >= 15 is 0 Å². The minimum atomic E-state index is -2.37. The number of carbonyl (C=O) groups excluding carboxylic acids is 1. The lowest BCUT2D eigenvalue weighted by Crippen LogP contribution is -2.51. The minimum absolute atomic E-state index is 0.0105. The molecule has 4 nitrogen and oxygen atoms in total. The second kappa shape index (κ2) is 3.45. The predicted octanol–water partition coefficient (Wildman–Crippen LogP) is 1.03. The Bertz CT molecular complexity index is 556. The number of hydrogen-bond donors (Lipinski definition) is 0. The molecule has 1 aliphatic carbocycles. The number of fused-ring (bicyclic) bond motifs is 3. The van der Waals surface area contributed by atoms with Gasteiger partial charge in [-0.1, -0.05) is 12.2 Å². The van der Waals surface area contributed by atoms with E-state index in [0.29, 0.717) is 12.8 Å². The Morgan fingerprint density at radius 3 is 3.50 bits per heavy atom. The standard InChI is InChI=1S/C14H17NO3/c1-17-11-4-5-15-10-3-2-9-6-13(16)18-14(9,8-10)12(15)7-11/h2-3,6,10-12H,4-5,7-8H2,1H3/t10-,11-,12-,14-/m1/s1/i1D3. The van der Waals surface area contributed by atoms with Crippen molar-refractivity contribution in [3.63, 3.8) is 0 Å². The van der Waals surface area contributed by atoms with Crippen LogP contribution in [0.1, 0.15) is 23.4 Å². The highest BCUT2D eigenvalue weighted by atomic mass is 16.6. The SMILES string of the molecule is [2H]C([2H])([2H])O[C@@H]1CCN2[C@@H]3C=CC4=CC(=O)O[C@@]4(C3)[C@H]2C1. The molecule has 2 saturated heterocycles. The van der Waals surface area contributed by atoms with E-state index in [4.69, 9.17) is 13.6 Å². The number of ether oxygens (including phenoxy) is 2. The molecule has 4 heteroatoms. The van der Waals surface area contributed by atoms with Crippen LogP contribution in [-0.2, 0) is 14.3 Å². The summed E-state index contributed by atoms with van der Waals surface area (Å²) in [6.07, 6.45) is 7.40. The van der Waals surface area contributed by atoms with Crippen molar-refractivity contribution in [2.24, 2.45) is 0 Å². The first kappa shape index (κ1) is 8.12. The lowest BCUT2D eigenvalue weighted by molar-refractivity contribution is -0.149. The van der Waals surface area contributed by atoms with Gasteiger partial charge in [0.15, 0.2) is 5.60 Å². The quantitative estimate of drug-likeness (QED) is 0.652. The summed E-state index contributed by atoms with van der Waals surface area (Å²) >= 11 is 0. The van der Waals surface area contributed by atoms with Crippen molar-refractivity contribution in [2.75, 3.05) is 13.6 Å². The Morgan fingerprint density at radius 2 is 2.61 bits per heavy atom. The van der Waals surface area contributed by atoms with E-state index in [1.165, 1.54) is 0 Å². The van der Waals surface area contributed by atoms with E-state index in [9.17, 15) is 4.79 Å². The second-order valence-electron chi connectivity index (χ2n) is 5.56. The highest BCUT2D eigenvalue weighted by Gasteiger charge is 2.60. The molecule has 0 aromatic rings. The smallest absolute Gasteiger partial charge is 0.332 e. The van der Waals surface area contributed by atoms with Crippen molar-refractivity contribution in [2.45, 2.75) is 43.1 Å². The van der Waals surface area contributed by atoms with Crippen LogP contribution in [0.25, 0.3) is 0 Å². The molecule has 2 bridgehead atoms. The summed E-state index contributed by atoms with van der Waals surface area (Å²) < 4.78 is 32.7. The maximum absolute atomic E-state index is 11.7. The number of rotatable bonds is 1. The molecule has 0 amide bonds. The van der Waals surface area contributed by atoms with Gasteiger partial charge >= 0.3 is 5.97 Å². The molecule has 0 aromatic heterocycles. The van der Waals surface area contributed by atoms with Crippen molar-refractivity contribution in [1.29, 1.82) is 0 Å². The molecule has 4 atom stereocenters. The number of hydrogen-bond acceptors (Lipinski definition) is 4. The van der Waals surface area contributed by atoms with Gasteiger partial charge in [0.1, 0.15) is 0 Å². The Labute approximate surface area is 110 Å². The van der Waals surface area contributed by atoms with Crippen molar-refractivity contribution >= 4 is 5.97 Å². The van der Waals surface area contributed by atoms with Crippen LogP contribution in [0.15, 0.2) is 23.8 Å². The van der Waals surface area contributed by atoms with Gasteiger partial charge in [0, 0.05) is 37.7 Å². The van der Waals surface area contributed by atoms with Gasteiger partial charge in [0.2, 0.25) is 0 Å². The van der Waals surface area contributed by atoms with E-state index in [1.54, 1.807) is 6.08 Å². The Kier molecular flexibility index (Phi) is 1.56. The van der Waals surface area contributed by atoms with Crippen molar-refractivity contribution in [3.8, 4) is 0 Å². The number of carbonyl (C=O) groups is 1. The minimum Gasteiger partial charge on any atom is -0.449 e. The van der Waals surface area contributed by atoms with E-state index in [2.05, 4.69) is 11.0 Å². The largest absolute Gasteiger partial charge is 0.449 e. The van der Waals surface area contributed by atoms with Crippen LogP contribution in [-0.4, -0.2) is 48.2 Å². The molecule has 0 saturated carbocycles. The monoisotopic (exact) mass is 250 g/mol. The number of methoxy groups -OCH3 is 1. The van der Waals surface area contributed by atoms with Gasteiger partial charge in [0.25, 0.3) is 0 Å². The van der Waals surface area contributed by atoms with E-state index in [0.717, 1.165) is 18.5 Å². The Balaban J connectivity index is 1.62. The average Bonchev–Trinajstić information content (AvgIpc) is 2.84. The summed E-state index contributed by atoms with van der Waals surface area (Å²) in [5, 5.41) is 0. The third-order valence-electron chi connectivity index (χ3n) is 4.78. The normalized spacial score (nSPS) is 48.7. The van der Waals surface area contributed by atoms with Gasteiger partial charge in [-0.05, 0) is 12.8 Å². The van der Waals surface area contributed by atoms with Gasteiger partial charge in [-0.25, -0.2) is 4.79 Å². The zero-order valence-corrected chi connectivity index (χ0v) is 9.96. The van der Waals surface area contributed by atoms with E-state index in [-0.39, 0.29) is 24.2 Å². The maximum Gasteiger partial charge on any atom is 0.332 e.